The molecule has 0 aromatic heterocycles. The second kappa shape index (κ2) is 7.29. The van der Waals surface area contributed by atoms with Crippen LogP contribution < -0.4 is 10.6 Å². The molecule has 0 saturated heterocycles. The molecule has 0 fully saturated rings. The highest BCUT2D eigenvalue weighted by molar-refractivity contribution is 5.92. The zero-order chi connectivity index (χ0) is 14.4. The molecule has 3 nitrogen and oxygen atoms in total. The smallest absolute Gasteiger partial charge is 0.226 e. The topological polar surface area (TPSA) is 46.3 Å². The SMILES string of the molecule is Cc1cc(C)cc(N(C)C(=O)CCC(C)CCN)c1. The van der Waals surface area contributed by atoms with E-state index in [0.717, 1.165) is 18.5 Å². The number of hydrogen-bond donors (Lipinski definition) is 1. The minimum Gasteiger partial charge on any atom is -0.330 e. The van der Waals surface area contributed by atoms with E-state index in [1.165, 1.54) is 11.1 Å². The van der Waals surface area contributed by atoms with Gasteiger partial charge in [-0.1, -0.05) is 13.0 Å². The average Bonchev–Trinajstić information content (AvgIpc) is 2.34. The molecule has 1 amide bonds. The molecule has 19 heavy (non-hydrogen) atoms. The molecular formula is C16H26N2O. The number of benzene rings is 1. The Labute approximate surface area is 116 Å². The number of anilines is 1. The van der Waals surface area contributed by atoms with E-state index in [-0.39, 0.29) is 5.91 Å². The third-order valence-electron chi connectivity index (χ3n) is 3.48. The van der Waals surface area contributed by atoms with Gasteiger partial charge in [-0.3, -0.25) is 4.79 Å². The van der Waals surface area contributed by atoms with Crippen molar-refractivity contribution in [3.05, 3.63) is 29.3 Å². The summed E-state index contributed by atoms with van der Waals surface area (Å²) in [6.45, 7) is 6.95. The number of nitrogens with two attached hydrogens (primary N) is 1. The molecule has 0 heterocycles. The maximum absolute atomic E-state index is 12.2. The van der Waals surface area contributed by atoms with Crippen molar-refractivity contribution < 1.29 is 4.79 Å². The molecule has 2 N–H and O–H groups in total. The lowest BCUT2D eigenvalue weighted by atomic mass is 10.0. The van der Waals surface area contributed by atoms with Crippen molar-refractivity contribution in [1.29, 1.82) is 0 Å². The molecule has 0 radical (unpaired) electrons. The van der Waals surface area contributed by atoms with Crippen LogP contribution in [-0.2, 0) is 4.79 Å². The summed E-state index contributed by atoms with van der Waals surface area (Å²) < 4.78 is 0. The van der Waals surface area contributed by atoms with Crippen LogP contribution in [-0.4, -0.2) is 19.5 Å². The van der Waals surface area contributed by atoms with Crippen molar-refractivity contribution in [2.75, 3.05) is 18.5 Å². The maximum atomic E-state index is 12.2. The molecule has 1 aromatic rings. The van der Waals surface area contributed by atoms with Crippen LogP contribution in [0.5, 0.6) is 0 Å². The Balaban J connectivity index is 2.61. The quantitative estimate of drug-likeness (QED) is 0.856. The first-order valence-corrected chi connectivity index (χ1v) is 6.99. The fourth-order valence-corrected chi connectivity index (χ4v) is 2.25. The summed E-state index contributed by atoms with van der Waals surface area (Å²) in [7, 11) is 1.85. The van der Waals surface area contributed by atoms with Crippen molar-refractivity contribution in [3.8, 4) is 0 Å². The van der Waals surface area contributed by atoms with Gasteiger partial charge in [0.25, 0.3) is 0 Å². The van der Waals surface area contributed by atoms with Crippen molar-refractivity contribution in [1.82, 2.24) is 0 Å². The first-order valence-electron chi connectivity index (χ1n) is 6.99. The average molecular weight is 262 g/mol. The van der Waals surface area contributed by atoms with Crippen LogP contribution in [0.1, 0.15) is 37.3 Å². The summed E-state index contributed by atoms with van der Waals surface area (Å²) in [5.41, 5.74) is 8.88. The molecule has 0 aliphatic heterocycles. The molecule has 106 valence electrons. The third-order valence-corrected chi connectivity index (χ3v) is 3.48. The fourth-order valence-electron chi connectivity index (χ4n) is 2.25. The summed E-state index contributed by atoms with van der Waals surface area (Å²) in [4.78, 5) is 13.9. The molecule has 1 aromatic carbocycles. The summed E-state index contributed by atoms with van der Waals surface area (Å²) >= 11 is 0. The molecule has 0 spiro atoms. The molecule has 0 saturated carbocycles. The van der Waals surface area contributed by atoms with E-state index < -0.39 is 0 Å². The predicted molar refractivity (Wildman–Crippen MR) is 81.4 cm³/mol. The molecule has 1 rings (SSSR count). The monoisotopic (exact) mass is 262 g/mol. The van der Waals surface area contributed by atoms with Crippen LogP contribution in [0, 0.1) is 19.8 Å². The zero-order valence-electron chi connectivity index (χ0n) is 12.6. The normalized spacial score (nSPS) is 12.3. The van der Waals surface area contributed by atoms with Gasteiger partial charge < -0.3 is 10.6 Å². The van der Waals surface area contributed by atoms with Gasteiger partial charge in [-0.25, -0.2) is 0 Å². The van der Waals surface area contributed by atoms with Gasteiger partial charge >= 0.3 is 0 Å². The number of rotatable bonds is 6. The van der Waals surface area contributed by atoms with Crippen LogP contribution in [0.2, 0.25) is 0 Å². The molecule has 0 aliphatic carbocycles. The van der Waals surface area contributed by atoms with E-state index in [1.807, 2.05) is 19.2 Å². The van der Waals surface area contributed by atoms with Crippen molar-refractivity contribution >= 4 is 11.6 Å². The Kier molecular flexibility index (Phi) is 6.03. The fraction of sp³-hybridized carbons (Fsp3) is 0.562. The number of carbonyl (C=O) groups excluding carboxylic acids is 1. The first-order chi connectivity index (χ1) is 8.93. The minimum atomic E-state index is 0.175. The predicted octanol–water partition coefficient (Wildman–Crippen LogP) is 3.03. The van der Waals surface area contributed by atoms with Crippen LogP contribution >= 0.6 is 0 Å². The van der Waals surface area contributed by atoms with Crippen LogP contribution in [0.4, 0.5) is 5.69 Å². The van der Waals surface area contributed by atoms with Crippen molar-refractivity contribution in [2.45, 2.75) is 40.0 Å². The Morgan fingerprint density at radius 3 is 2.32 bits per heavy atom. The standard InChI is InChI=1S/C16H26N2O/c1-12(7-8-17)5-6-16(19)18(4)15-10-13(2)9-14(3)11-15/h9-12H,5-8,17H2,1-4H3. The van der Waals surface area contributed by atoms with Gasteiger partial charge in [0.15, 0.2) is 0 Å². The highest BCUT2D eigenvalue weighted by Crippen LogP contribution is 2.19. The zero-order valence-corrected chi connectivity index (χ0v) is 12.6. The first kappa shape index (κ1) is 15.7. The summed E-state index contributed by atoms with van der Waals surface area (Å²) in [6.07, 6.45) is 2.48. The van der Waals surface area contributed by atoms with E-state index in [9.17, 15) is 4.79 Å². The summed E-state index contributed by atoms with van der Waals surface area (Å²) in [5, 5.41) is 0. The third kappa shape index (κ3) is 5.03. The molecule has 1 unspecified atom stereocenters. The molecular weight excluding hydrogens is 236 g/mol. The molecule has 3 heteroatoms. The Morgan fingerprint density at radius 1 is 1.21 bits per heavy atom. The van der Waals surface area contributed by atoms with E-state index in [1.54, 1.807) is 4.90 Å². The lowest BCUT2D eigenvalue weighted by Gasteiger charge is -2.19. The maximum Gasteiger partial charge on any atom is 0.226 e. The number of carbonyl (C=O) groups is 1. The number of amides is 1. The number of hydrogen-bond acceptors (Lipinski definition) is 2. The second-order valence-electron chi connectivity index (χ2n) is 5.52. The van der Waals surface area contributed by atoms with E-state index in [0.29, 0.717) is 18.9 Å². The Bertz CT molecular complexity index is 409. The van der Waals surface area contributed by atoms with E-state index in [4.69, 9.17) is 5.73 Å². The lowest BCUT2D eigenvalue weighted by Crippen LogP contribution is -2.26. The van der Waals surface area contributed by atoms with Crippen LogP contribution in [0.15, 0.2) is 18.2 Å². The molecule has 0 bridgehead atoms. The Morgan fingerprint density at radius 2 is 1.79 bits per heavy atom. The van der Waals surface area contributed by atoms with Gasteiger partial charge in [0.1, 0.15) is 0 Å². The van der Waals surface area contributed by atoms with E-state index in [2.05, 4.69) is 26.8 Å². The number of nitrogens with zero attached hydrogens (tertiary/aromatic N) is 1. The van der Waals surface area contributed by atoms with Gasteiger partial charge in [-0.05, 0) is 62.4 Å². The highest BCUT2D eigenvalue weighted by Gasteiger charge is 2.13. The lowest BCUT2D eigenvalue weighted by molar-refractivity contribution is -0.118. The van der Waals surface area contributed by atoms with Gasteiger partial charge in [0, 0.05) is 19.2 Å². The summed E-state index contributed by atoms with van der Waals surface area (Å²) in [5.74, 6) is 0.690. The summed E-state index contributed by atoms with van der Waals surface area (Å²) in [6, 6.07) is 6.22. The number of aryl methyl sites for hydroxylation is 2. The van der Waals surface area contributed by atoms with Crippen molar-refractivity contribution in [2.24, 2.45) is 11.7 Å². The second-order valence-corrected chi connectivity index (χ2v) is 5.52. The van der Waals surface area contributed by atoms with Crippen LogP contribution in [0.25, 0.3) is 0 Å². The van der Waals surface area contributed by atoms with Gasteiger partial charge in [-0.2, -0.15) is 0 Å². The van der Waals surface area contributed by atoms with Crippen molar-refractivity contribution in [3.63, 3.8) is 0 Å². The van der Waals surface area contributed by atoms with Gasteiger partial charge in [0.05, 0.1) is 0 Å². The van der Waals surface area contributed by atoms with Gasteiger partial charge in [-0.15, -0.1) is 0 Å². The highest BCUT2D eigenvalue weighted by atomic mass is 16.2. The van der Waals surface area contributed by atoms with Crippen LogP contribution in [0.3, 0.4) is 0 Å². The minimum absolute atomic E-state index is 0.175. The van der Waals surface area contributed by atoms with E-state index >= 15 is 0 Å². The Hall–Kier alpha value is -1.35. The molecule has 0 aliphatic rings. The largest absolute Gasteiger partial charge is 0.330 e. The molecule has 1 atom stereocenters. The van der Waals surface area contributed by atoms with Gasteiger partial charge in [0.2, 0.25) is 5.91 Å².